The van der Waals surface area contributed by atoms with Crippen LogP contribution in [0.2, 0.25) is 0 Å². The van der Waals surface area contributed by atoms with Crippen molar-refractivity contribution < 1.29 is 4.79 Å². The van der Waals surface area contributed by atoms with E-state index in [9.17, 15) is 4.79 Å². The van der Waals surface area contributed by atoms with Crippen LogP contribution < -0.4 is 0 Å². The average molecular weight is 214 g/mol. The second-order valence-corrected chi connectivity index (χ2v) is 4.41. The number of carbonyl (C=O) groups excluding carboxylic acids is 1. The predicted octanol–water partition coefficient (Wildman–Crippen LogP) is 3.89. The molecule has 0 fully saturated rings. The lowest BCUT2D eigenvalue weighted by Crippen LogP contribution is -2.00. The fourth-order valence-corrected chi connectivity index (χ4v) is 2.13. The van der Waals surface area contributed by atoms with Crippen LogP contribution in [0.25, 0.3) is 0 Å². The summed E-state index contributed by atoms with van der Waals surface area (Å²) in [5.41, 5.74) is 2.50. The van der Waals surface area contributed by atoms with Gasteiger partial charge in [0.25, 0.3) is 0 Å². The third kappa shape index (κ3) is 3.06. The smallest absolute Gasteiger partial charge is 0.159 e. The fourth-order valence-electron chi connectivity index (χ4n) is 2.13. The highest BCUT2D eigenvalue weighted by atomic mass is 16.1. The Hall–Kier alpha value is -1.37. The molecule has 0 aromatic heterocycles. The molecule has 0 saturated carbocycles. The highest BCUT2D eigenvalue weighted by molar-refractivity contribution is 5.96. The molecule has 2 rings (SSSR count). The molecule has 84 valence electrons. The van der Waals surface area contributed by atoms with Crippen LogP contribution in [0.3, 0.4) is 0 Å². The highest BCUT2D eigenvalue weighted by Gasteiger charge is 2.09. The van der Waals surface area contributed by atoms with Crippen molar-refractivity contribution in [2.75, 3.05) is 0 Å². The number of allylic oxidation sites excluding steroid dienone is 8. The Balaban J connectivity index is 1.59. The Kier molecular flexibility index (Phi) is 3.92. The predicted molar refractivity (Wildman–Crippen MR) is 67.2 cm³/mol. The molecule has 0 N–H and O–H groups in total. The summed E-state index contributed by atoms with van der Waals surface area (Å²) in [6.07, 6.45) is 18.5. The summed E-state index contributed by atoms with van der Waals surface area (Å²) in [6, 6.07) is 0. The van der Waals surface area contributed by atoms with Crippen molar-refractivity contribution in [3.05, 3.63) is 47.6 Å². The molecule has 0 radical (unpaired) electrons. The van der Waals surface area contributed by atoms with Gasteiger partial charge < -0.3 is 0 Å². The van der Waals surface area contributed by atoms with E-state index < -0.39 is 0 Å². The Labute approximate surface area is 97.2 Å². The summed E-state index contributed by atoms with van der Waals surface area (Å²) in [4.78, 5) is 11.7. The van der Waals surface area contributed by atoms with Gasteiger partial charge in [0.1, 0.15) is 0 Å². The molecule has 0 heterocycles. The van der Waals surface area contributed by atoms with E-state index in [1.807, 2.05) is 18.2 Å². The van der Waals surface area contributed by atoms with E-state index in [0.717, 1.165) is 37.7 Å². The molecule has 16 heavy (non-hydrogen) atoms. The summed E-state index contributed by atoms with van der Waals surface area (Å²) >= 11 is 0. The van der Waals surface area contributed by atoms with Crippen LogP contribution in [0.1, 0.15) is 38.5 Å². The van der Waals surface area contributed by atoms with E-state index in [1.54, 1.807) is 0 Å². The van der Waals surface area contributed by atoms with Gasteiger partial charge in [0.2, 0.25) is 0 Å². The van der Waals surface area contributed by atoms with Crippen LogP contribution in [-0.2, 0) is 4.79 Å². The second-order valence-electron chi connectivity index (χ2n) is 4.41. The van der Waals surface area contributed by atoms with E-state index in [1.165, 1.54) is 5.57 Å². The van der Waals surface area contributed by atoms with Crippen LogP contribution >= 0.6 is 0 Å². The molecule has 0 spiro atoms. The number of hydrogen-bond donors (Lipinski definition) is 0. The average Bonchev–Trinajstić information content (AvgIpc) is 2.96. The Morgan fingerprint density at radius 2 is 1.88 bits per heavy atom. The molecule has 2 aliphatic rings. The van der Waals surface area contributed by atoms with Crippen molar-refractivity contribution in [2.45, 2.75) is 38.5 Å². The molecule has 0 unspecified atom stereocenters. The molecule has 0 aromatic rings. The van der Waals surface area contributed by atoms with Crippen molar-refractivity contribution in [2.24, 2.45) is 0 Å². The van der Waals surface area contributed by atoms with Gasteiger partial charge in [-0.2, -0.15) is 0 Å². The zero-order chi connectivity index (χ0) is 11.2. The minimum atomic E-state index is 0.337. The number of ketones is 1. The van der Waals surface area contributed by atoms with Crippen molar-refractivity contribution in [1.82, 2.24) is 0 Å². The van der Waals surface area contributed by atoms with Gasteiger partial charge in [-0.1, -0.05) is 42.0 Å². The first-order valence-electron chi connectivity index (χ1n) is 6.10. The number of Topliss-reactive ketones (excluding diaryl/α,β-unsaturated/α-hetero) is 1. The van der Waals surface area contributed by atoms with E-state index in [4.69, 9.17) is 0 Å². The topological polar surface area (TPSA) is 17.1 Å². The third-order valence-electron chi connectivity index (χ3n) is 3.13. The van der Waals surface area contributed by atoms with Crippen molar-refractivity contribution >= 4 is 5.78 Å². The molecular weight excluding hydrogens is 196 g/mol. The molecule has 0 aliphatic heterocycles. The van der Waals surface area contributed by atoms with E-state index >= 15 is 0 Å². The first kappa shape index (κ1) is 11.1. The molecule has 0 aromatic carbocycles. The molecule has 1 heteroatoms. The fraction of sp³-hybridized carbons (Fsp3) is 0.400. The van der Waals surface area contributed by atoms with Gasteiger partial charge >= 0.3 is 0 Å². The number of hydrogen-bond acceptors (Lipinski definition) is 1. The number of rotatable bonds is 6. The molecule has 0 bridgehead atoms. The minimum Gasteiger partial charge on any atom is -0.295 e. The van der Waals surface area contributed by atoms with Gasteiger partial charge in [0.05, 0.1) is 0 Å². The Morgan fingerprint density at radius 3 is 2.56 bits per heavy atom. The lowest BCUT2D eigenvalue weighted by molar-refractivity contribution is -0.115. The van der Waals surface area contributed by atoms with E-state index in [0.29, 0.717) is 12.2 Å². The first-order chi connectivity index (χ1) is 7.86. The molecule has 1 nitrogen and oxygen atoms in total. The highest BCUT2D eigenvalue weighted by Crippen LogP contribution is 2.19. The Bertz CT molecular complexity index is 380. The standard InChI is InChI=1S/C15H18O/c16-15(14-10-4-5-11-14)12-6-3-9-13-7-1-2-8-13/h1-2,4-5,7,10H,3,6,8-9,11-12H2. The molecular formula is C15H18O. The molecule has 0 atom stereocenters. The van der Waals surface area contributed by atoms with Crippen LogP contribution in [0, 0.1) is 0 Å². The van der Waals surface area contributed by atoms with Gasteiger partial charge in [0, 0.05) is 6.42 Å². The van der Waals surface area contributed by atoms with E-state index in [2.05, 4.69) is 18.2 Å². The van der Waals surface area contributed by atoms with Gasteiger partial charge in [-0.3, -0.25) is 4.79 Å². The summed E-state index contributed by atoms with van der Waals surface area (Å²) in [7, 11) is 0. The number of carbonyl (C=O) groups is 1. The molecule has 2 aliphatic carbocycles. The zero-order valence-electron chi connectivity index (χ0n) is 9.61. The van der Waals surface area contributed by atoms with Crippen LogP contribution in [0.5, 0.6) is 0 Å². The van der Waals surface area contributed by atoms with Crippen molar-refractivity contribution in [1.29, 1.82) is 0 Å². The number of unbranched alkanes of at least 4 members (excludes halogenated alkanes) is 1. The van der Waals surface area contributed by atoms with E-state index in [-0.39, 0.29) is 0 Å². The van der Waals surface area contributed by atoms with Crippen molar-refractivity contribution in [3.63, 3.8) is 0 Å². The first-order valence-corrected chi connectivity index (χ1v) is 6.10. The summed E-state index contributed by atoms with van der Waals surface area (Å²) in [6.45, 7) is 0. The quantitative estimate of drug-likeness (QED) is 0.613. The summed E-state index contributed by atoms with van der Waals surface area (Å²) in [5.74, 6) is 0.337. The van der Waals surface area contributed by atoms with Crippen molar-refractivity contribution in [3.8, 4) is 0 Å². The minimum absolute atomic E-state index is 0.337. The second kappa shape index (κ2) is 5.64. The molecule has 0 saturated heterocycles. The Morgan fingerprint density at radius 1 is 1.06 bits per heavy atom. The van der Waals surface area contributed by atoms with Gasteiger partial charge in [-0.05, 0) is 37.7 Å². The van der Waals surface area contributed by atoms with Crippen LogP contribution in [0.4, 0.5) is 0 Å². The lowest BCUT2D eigenvalue weighted by Gasteiger charge is -2.03. The van der Waals surface area contributed by atoms with Gasteiger partial charge in [0.15, 0.2) is 5.78 Å². The zero-order valence-corrected chi connectivity index (χ0v) is 9.61. The largest absolute Gasteiger partial charge is 0.295 e. The molecule has 0 amide bonds. The van der Waals surface area contributed by atoms with Gasteiger partial charge in [-0.25, -0.2) is 0 Å². The van der Waals surface area contributed by atoms with Crippen LogP contribution in [-0.4, -0.2) is 5.78 Å². The van der Waals surface area contributed by atoms with Crippen LogP contribution in [0.15, 0.2) is 47.6 Å². The maximum atomic E-state index is 11.7. The SMILES string of the molecule is O=C(CCCCC1=CC=CC1)C1=CC=CC1. The summed E-state index contributed by atoms with van der Waals surface area (Å²) in [5, 5.41) is 0. The maximum Gasteiger partial charge on any atom is 0.159 e. The maximum absolute atomic E-state index is 11.7. The third-order valence-corrected chi connectivity index (χ3v) is 3.13. The van der Waals surface area contributed by atoms with Gasteiger partial charge in [-0.15, -0.1) is 0 Å². The normalized spacial score (nSPS) is 17.8. The monoisotopic (exact) mass is 214 g/mol. The summed E-state index contributed by atoms with van der Waals surface area (Å²) < 4.78 is 0. The lowest BCUT2D eigenvalue weighted by atomic mass is 10.0.